The fraction of sp³-hybridized carbons (Fsp3) is 0.333. The van der Waals surface area contributed by atoms with Crippen molar-refractivity contribution in [2.24, 2.45) is 0 Å². The second-order valence-corrected chi connectivity index (χ2v) is 4.68. The van der Waals surface area contributed by atoms with Crippen molar-refractivity contribution < 1.29 is 0 Å². The van der Waals surface area contributed by atoms with E-state index in [2.05, 4.69) is 15.3 Å². The third kappa shape index (κ3) is 1.93. The predicted molar refractivity (Wildman–Crippen MR) is 60.3 cm³/mol. The van der Waals surface area contributed by atoms with Crippen molar-refractivity contribution in [3.8, 4) is 0 Å². The molecule has 0 aliphatic heterocycles. The number of hydrogen-bond donors (Lipinski definition) is 1. The maximum Gasteiger partial charge on any atom is 0.177 e. The van der Waals surface area contributed by atoms with Gasteiger partial charge < -0.3 is 9.55 Å². The third-order valence-corrected chi connectivity index (χ3v) is 3.07. The highest BCUT2D eigenvalue weighted by Crippen LogP contribution is 2.10. The molecule has 2 rings (SSSR count). The minimum atomic E-state index is 0.757. The van der Waals surface area contributed by atoms with Crippen LogP contribution >= 0.6 is 23.6 Å². The lowest BCUT2D eigenvalue weighted by atomic mass is 10.5. The molecule has 2 heterocycles. The molecule has 2 aromatic rings. The Morgan fingerprint density at radius 1 is 1.57 bits per heavy atom. The number of nitrogens with one attached hydrogen (secondary N) is 1. The Morgan fingerprint density at radius 2 is 2.36 bits per heavy atom. The van der Waals surface area contributed by atoms with Crippen molar-refractivity contribution in [3.63, 3.8) is 0 Å². The summed E-state index contributed by atoms with van der Waals surface area (Å²) in [4.78, 5) is 7.48. The van der Waals surface area contributed by atoms with Crippen LogP contribution < -0.4 is 0 Å². The maximum absolute atomic E-state index is 5.16. The van der Waals surface area contributed by atoms with Gasteiger partial charge in [-0.2, -0.15) is 0 Å². The summed E-state index contributed by atoms with van der Waals surface area (Å²) in [5.41, 5.74) is 2.16. The fourth-order valence-corrected chi connectivity index (χ4v) is 2.22. The van der Waals surface area contributed by atoms with Gasteiger partial charge in [-0.1, -0.05) is 0 Å². The number of aromatic amines is 1. The molecule has 0 atom stereocenters. The zero-order valence-corrected chi connectivity index (χ0v) is 9.71. The van der Waals surface area contributed by atoms with Gasteiger partial charge in [0.1, 0.15) is 0 Å². The Kier molecular flexibility index (Phi) is 2.52. The normalized spacial score (nSPS) is 10.7. The molecule has 2 aromatic heterocycles. The molecule has 0 unspecified atom stereocenters. The number of nitrogens with zero attached hydrogens (tertiary/aromatic N) is 2. The molecule has 5 heteroatoms. The Hall–Kier alpha value is -0.940. The molecule has 0 saturated heterocycles. The van der Waals surface area contributed by atoms with Crippen LogP contribution in [-0.2, 0) is 6.54 Å². The molecule has 74 valence electrons. The van der Waals surface area contributed by atoms with Crippen LogP contribution in [0.3, 0.4) is 0 Å². The van der Waals surface area contributed by atoms with Crippen molar-refractivity contribution in [1.82, 2.24) is 14.5 Å². The molecule has 0 aliphatic rings. The minimum Gasteiger partial charge on any atom is -0.335 e. The van der Waals surface area contributed by atoms with Gasteiger partial charge in [0, 0.05) is 17.3 Å². The maximum atomic E-state index is 5.16. The molecular formula is C9H11N3S2. The Morgan fingerprint density at radius 3 is 2.86 bits per heavy atom. The summed E-state index contributed by atoms with van der Waals surface area (Å²) in [5.74, 6) is 0. The lowest BCUT2D eigenvalue weighted by Gasteiger charge is -1.96. The minimum absolute atomic E-state index is 0.757. The number of thiazole rings is 1. The van der Waals surface area contributed by atoms with E-state index in [0.717, 1.165) is 27.7 Å². The van der Waals surface area contributed by atoms with E-state index >= 15 is 0 Å². The third-order valence-electron chi connectivity index (χ3n) is 1.91. The Bertz CT molecular complexity index is 492. The van der Waals surface area contributed by atoms with Gasteiger partial charge in [-0.3, -0.25) is 0 Å². The SMILES string of the molecule is Cc1cn(Cc2csc(C)n2)c(=S)[nH]1. The molecule has 0 radical (unpaired) electrons. The molecule has 0 amide bonds. The van der Waals surface area contributed by atoms with Crippen molar-refractivity contribution in [1.29, 1.82) is 0 Å². The second kappa shape index (κ2) is 3.67. The van der Waals surface area contributed by atoms with Gasteiger partial charge >= 0.3 is 0 Å². The summed E-state index contributed by atoms with van der Waals surface area (Å²) < 4.78 is 2.76. The van der Waals surface area contributed by atoms with E-state index in [1.54, 1.807) is 11.3 Å². The summed E-state index contributed by atoms with van der Waals surface area (Å²) in [7, 11) is 0. The summed E-state index contributed by atoms with van der Waals surface area (Å²) >= 11 is 6.83. The van der Waals surface area contributed by atoms with Gasteiger partial charge in [0.05, 0.1) is 17.2 Å². The topological polar surface area (TPSA) is 33.6 Å². The average Bonchev–Trinajstić information content (AvgIpc) is 2.61. The van der Waals surface area contributed by atoms with Crippen LogP contribution in [0.2, 0.25) is 0 Å². The molecule has 0 bridgehead atoms. The van der Waals surface area contributed by atoms with E-state index in [1.165, 1.54) is 0 Å². The van der Waals surface area contributed by atoms with Crippen molar-refractivity contribution in [3.05, 3.63) is 32.7 Å². The van der Waals surface area contributed by atoms with E-state index in [1.807, 2.05) is 24.6 Å². The standard InChI is InChI=1S/C9H11N3S2/c1-6-3-12(9(13)10-6)4-8-5-14-7(2)11-8/h3,5H,4H2,1-2H3,(H,10,13). The van der Waals surface area contributed by atoms with Crippen molar-refractivity contribution in [2.75, 3.05) is 0 Å². The van der Waals surface area contributed by atoms with Crippen molar-refractivity contribution in [2.45, 2.75) is 20.4 Å². The van der Waals surface area contributed by atoms with E-state index in [-0.39, 0.29) is 0 Å². The van der Waals surface area contributed by atoms with E-state index in [9.17, 15) is 0 Å². The summed E-state index contributed by atoms with van der Waals surface area (Å²) in [6.07, 6.45) is 2.01. The zero-order valence-electron chi connectivity index (χ0n) is 8.07. The largest absolute Gasteiger partial charge is 0.335 e. The monoisotopic (exact) mass is 225 g/mol. The van der Waals surface area contributed by atoms with Crippen LogP contribution in [0.5, 0.6) is 0 Å². The molecule has 0 aromatic carbocycles. The lowest BCUT2D eigenvalue weighted by Crippen LogP contribution is -1.98. The van der Waals surface area contributed by atoms with E-state index < -0.39 is 0 Å². The summed E-state index contributed by atoms with van der Waals surface area (Å²) in [6.45, 7) is 4.77. The molecule has 0 fully saturated rings. The number of imidazole rings is 1. The highest BCUT2D eigenvalue weighted by atomic mass is 32.1. The Balaban J connectivity index is 2.26. The van der Waals surface area contributed by atoms with Gasteiger partial charge in [-0.05, 0) is 26.1 Å². The first-order valence-corrected chi connectivity index (χ1v) is 5.61. The molecule has 0 aliphatic carbocycles. The van der Waals surface area contributed by atoms with Gasteiger partial charge in [0.25, 0.3) is 0 Å². The lowest BCUT2D eigenvalue weighted by molar-refractivity contribution is 0.764. The van der Waals surface area contributed by atoms with Crippen LogP contribution in [0.4, 0.5) is 0 Å². The molecule has 3 nitrogen and oxygen atoms in total. The average molecular weight is 225 g/mol. The van der Waals surface area contributed by atoms with Crippen LogP contribution in [0.15, 0.2) is 11.6 Å². The summed E-state index contributed by atoms with van der Waals surface area (Å²) in [6, 6.07) is 0. The van der Waals surface area contributed by atoms with Crippen LogP contribution in [-0.4, -0.2) is 14.5 Å². The van der Waals surface area contributed by atoms with Gasteiger partial charge in [-0.25, -0.2) is 4.98 Å². The summed E-state index contributed by atoms with van der Waals surface area (Å²) in [5, 5.41) is 3.16. The van der Waals surface area contributed by atoms with Gasteiger partial charge in [-0.15, -0.1) is 11.3 Å². The zero-order chi connectivity index (χ0) is 10.1. The molecule has 0 spiro atoms. The fourth-order valence-electron chi connectivity index (χ4n) is 1.34. The molecule has 14 heavy (non-hydrogen) atoms. The number of aromatic nitrogens is 3. The molecular weight excluding hydrogens is 214 g/mol. The number of H-pyrrole nitrogens is 1. The van der Waals surface area contributed by atoms with Gasteiger partial charge in [0.2, 0.25) is 0 Å². The first-order valence-electron chi connectivity index (χ1n) is 4.32. The Labute approximate surface area is 91.4 Å². The first kappa shape index (κ1) is 9.61. The van der Waals surface area contributed by atoms with Crippen LogP contribution in [0.1, 0.15) is 16.4 Å². The smallest absolute Gasteiger partial charge is 0.177 e. The highest BCUT2D eigenvalue weighted by Gasteiger charge is 2.01. The van der Waals surface area contributed by atoms with Gasteiger partial charge in [0.15, 0.2) is 4.77 Å². The quantitative estimate of drug-likeness (QED) is 0.797. The van der Waals surface area contributed by atoms with Crippen molar-refractivity contribution >= 4 is 23.6 Å². The highest BCUT2D eigenvalue weighted by molar-refractivity contribution is 7.71. The first-order chi connectivity index (χ1) is 6.65. The number of rotatable bonds is 2. The molecule has 1 N–H and O–H groups in total. The van der Waals surface area contributed by atoms with E-state index in [4.69, 9.17) is 12.2 Å². The molecule has 0 saturated carbocycles. The number of aryl methyl sites for hydroxylation is 2. The second-order valence-electron chi connectivity index (χ2n) is 3.23. The number of hydrogen-bond acceptors (Lipinski definition) is 3. The predicted octanol–water partition coefficient (Wildman–Crippen LogP) is 2.67. The van der Waals surface area contributed by atoms with Crippen LogP contribution in [0, 0.1) is 18.6 Å². The van der Waals surface area contributed by atoms with Crippen LogP contribution in [0.25, 0.3) is 0 Å². The van der Waals surface area contributed by atoms with E-state index in [0.29, 0.717) is 0 Å².